The van der Waals surface area contributed by atoms with Crippen LogP contribution in [0.4, 0.5) is 0 Å². The Bertz CT molecular complexity index is 1400. The van der Waals surface area contributed by atoms with E-state index >= 15 is 0 Å². The van der Waals surface area contributed by atoms with E-state index < -0.39 is 16.0 Å². The number of carbonyl (C=O) groups is 1. The fourth-order valence-electron chi connectivity index (χ4n) is 3.81. The van der Waals surface area contributed by atoms with E-state index in [0.717, 1.165) is 35.0 Å². The first-order valence-electron chi connectivity index (χ1n) is 10.7. The Morgan fingerprint density at radius 2 is 1.91 bits per heavy atom. The number of ether oxygens (including phenoxy) is 1. The van der Waals surface area contributed by atoms with Gasteiger partial charge in [0.2, 0.25) is 10.0 Å². The number of esters is 1. The normalized spacial score (nSPS) is 11.6. The van der Waals surface area contributed by atoms with Crippen molar-refractivity contribution < 1.29 is 17.9 Å². The smallest absolute Gasteiger partial charge is 0.337 e. The highest BCUT2D eigenvalue weighted by molar-refractivity contribution is 7.89. The van der Waals surface area contributed by atoms with Gasteiger partial charge in [0, 0.05) is 47.6 Å². The van der Waals surface area contributed by atoms with Crippen LogP contribution >= 0.6 is 11.6 Å². The van der Waals surface area contributed by atoms with Gasteiger partial charge in [-0.05, 0) is 72.5 Å². The molecule has 0 bridgehead atoms. The van der Waals surface area contributed by atoms with Crippen LogP contribution < -0.4 is 4.72 Å². The molecule has 4 rings (SSSR count). The summed E-state index contributed by atoms with van der Waals surface area (Å²) in [6, 6.07) is 15.4. The molecule has 0 aliphatic heterocycles. The van der Waals surface area contributed by atoms with Crippen LogP contribution in [0, 0.1) is 0 Å². The summed E-state index contributed by atoms with van der Waals surface area (Å²) in [4.78, 5) is 16.4. The van der Waals surface area contributed by atoms with Crippen LogP contribution in [-0.2, 0) is 34.1 Å². The summed E-state index contributed by atoms with van der Waals surface area (Å²) >= 11 is 5.86. The van der Waals surface area contributed by atoms with E-state index in [4.69, 9.17) is 16.3 Å². The van der Waals surface area contributed by atoms with E-state index in [9.17, 15) is 13.2 Å². The lowest BCUT2D eigenvalue weighted by Crippen LogP contribution is -2.25. The van der Waals surface area contributed by atoms with Gasteiger partial charge in [-0.25, -0.2) is 17.9 Å². The number of aryl methyl sites for hydroxylation is 2. The van der Waals surface area contributed by atoms with Crippen molar-refractivity contribution in [3.05, 3.63) is 94.9 Å². The van der Waals surface area contributed by atoms with Gasteiger partial charge in [0.25, 0.3) is 0 Å². The number of halogens is 1. The minimum absolute atomic E-state index is 0.156. The number of pyridine rings is 1. The summed E-state index contributed by atoms with van der Waals surface area (Å²) in [6.07, 6.45) is 6.84. The van der Waals surface area contributed by atoms with Gasteiger partial charge in [0.15, 0.2) is 0 Å². The van der Waals surface area contributed by atoms with Gasteiger partial charge in [0.05, 0.1) is 17.6 Å². The highest BCUT2D eigenvalue weighted by Gasteiger charge is 2.16. The Morgan fingerprint density at radius 3 is 2.62 bits per heavy atom. The van der Waals surface area contributed by atoms with Gasteiger partial charge in [-0.1, -0.05) is 17.7 Å². The Morgan fingerprint density at radius 1 is 1.12 bits per heavy atom. The van der Waals surface area contributed by atoms with Crippen LogP contribution in [0.2, 0.25) is 5.02 Å². The van der Waals surface area contributed by atoms with E-state index in [1.807, 2.05) is 30.6 Å². The van der Waals surface area contributed by atoms with E-state index in [-0.39, 0.29) is 11.4 Å². The molecule has 176 valence electrons. The molecule has 0 saturated heterocycles. The molecule has 34 heavy (non-hydrogen) atoms. The SMILES string of the molecule is COC(=O)c1ccc2c(c1)c(CCNS(=O)(=O)c1ccc(Cl)cc1)cn2CCc1cccnc1. The summed E-state index contributed by atoms with van der Waals surface area (Å²) in [5, 5.41) is 1.36. The molecule has 2 heterocycles. The van der Waals surface area contributed by atoms with Gasteiger partial charge in [-0.3, -0.25) is 4.98 Å². The van der Waals surface area contributed by atoms with Crippen LogP contribution in [0.5, 0.6) is 0 Å². The fraction of sp³-hybridized carbons (Fsp3) is 0.200. The highest BCUT2D eigenvalue weighted by Crippen LogP contribution is 2.25. The molecule has 0 aliphatic carbocycles. The number of nitrogens with zero attached hydrogens (tertiary/aromatic N) is 2. The molecule has 2 aromatic carbocycles. The number of carbonyl (C=O) groups excluding carboxylic acids is 1. The van der Waals surface area contributed by atoms with Crippen LogP contribution in [0.25, 0.3) is 10.9 Å². The second kappa shape index (κ2) is 10.4. The maximum Gasteiger partial charge on any atom is 0.337 e. The van der Waals surface area contributed by atoms with Gasteiger partial charge < -0.3 is 9.30 Å². The molecule has 0 unspecified atom stereocenters. The number of methoxy groups -OCH3 is 1. The number of fused-ring (bicyclic) bond motifs is 1. The summed E-state index contributed by atoms with van der Waals surface area (Å²) in [5.41, 5.74) is 3.47. The van der Waals surface area contributed by atoms with Crippen molar-refractivity contribution >= 4 is 38.5 Å². The predicted octanol–water partition coefficient (Wildman–Crippen LogP) is 4.24. The Balaban J connectivity index is 1.57. The van der Waals surface area contributed by atoms with E-state index in [0.29, 0.717) is 17.0 Å². The largest absolute Gasteiger partial charge is 0.465 e. The summed E-state index contributed by atoms with van der Waals surface area (Å²) < 4.78 is 34.9. The Hall–Kier alpha value is -3.20. The van der Waals surface area contributed by atoms with E-state index in [1.54, 1.807) is 30.5 Å². The maximum absolute atomic E-state index is 12.6. The standard InChI is InChI=1S/C25H24ClN3O4S/c1-33-25(30)19-4-9-24-23(15-19)20(17-29(24)14-11-18-3-2-12-27-16-18)10-13-28-34(31,32)22-7-5-21(26)6-8-22/h2-9,12,15-17,28H,10-11,13-14H2,1H3. The van der Waals surface area contributed by atoms with E-state index in [1.165, 1.54) is 19.2 Å². The molecule has 0 atom stereocenters. The zero-order valence-corrected chi connectivity index (χ0v) is 20.1. The molecule has 0 aliphatic rings. The quantitative estimate of drug-likeness (QED) is 0.349. The third kappa shape index (κ3) is 5.47. The third-order valence-electron chi connectivity index (χ3n) is 5.56. The summed E-state index contributed by atoms with van der Waals surface area (Å²) in [6.45, 7) is 0.922. The molecular formula is C25H24ClN3O4S. The number of sulfonamides is 1. The van der Waals surface area contributed by atoms with Crippen molar-refractivity contribution in [2.75, 3.05) is 13.7 Å². The van der Waals surface area contributed by atoms with Crippen LogP contribution in [0.1, 0.15) is 21.5 Å². The average Bonchev–Trinajstić information content (AvgIpc) is 3.20. The molecule has 1 N–H and O–H groups in total. The average molecular weight is 498 g/mol. The van der Waals surface area contributed by atoms with Crippen molar-refractivity contribution in [3.63, 3.8) is 0 Å². The number of benzene rings is 2. The van der Waals surface area contributed by atoms with Gasteiger partial charge in [0.1, 0.15) is 0 Å². The lowest BCUT2D eigenvalue weighted by Gasteiger charge is -2.07. The van der Waals surface area contributed by atoms with Crippen LogP contribution in [0.3, 0.4) is 0 Å². The first-order chi connectivity index (χ1) is 16.4. The number of hydrogen-bond donors (Lipinski definition) is 1. The minimum atomic E-state index is -3.66. The third-order valence-corrected chi connectivity index (χ3v) is 7.29. The van der Waals surface area contributed by atoms with Crippen LogP contribution in [0.15, 0.2) is 78.1 Å². The first-order valence-corrected chi connectivity index (χ1v) is 12.6. The fourth-order valence-corrected chi connectivity index (χ4v) is 4.97. The minimum Gasteiger partial charge on any atom is -0.465 e. The maximum atomic E-state index is 12.6. The monoisotopic (exact) mass is 497 g/mol. The number of rotatable bonds is 9. The molecular weight excluding hydrogens is 474 g/mol. The Labute approximate surface area is 203 Å². The first kappa shape index (κ1) is 23.9. The molecule has 9 heteroatoms. The van der Waals surface area contributed by atoms with Gasteiger partial charge in [-0.15, -0.1) is 0 Å². The molecule has 4 aromatic rings. The second-order valence-corrected chi connectivity index (χ2v) is 9.99. The highest BCUT2D eigenvalue weighted by atomic mass is 35.5. The molecule has 2 aromatic heterocycles. The lowest BCUT2D eigenvalue weighted by atomic mass is 10.1. The number of aromatic nitrogens is 2. The van der Waals surface area contributed by atoms with E-state index in [2.05, 4.69) is 14.3 Å². The van der Waals surface area contributed by atoms with Crippen molar-refractivity contribution in [2.24, 2.45) is 0 Å². The zero-order valence-electron chi connectivity index (χ0n) is 18.6. The molecule has 0 amide bonds. The Kier molecular flexibility index (Phi) is 7.31. The van der Waals surface area contributed by atoms with Gasteiger partial charge >= 0.3 is 5.97 Å². The molecule has 7 nitrogen and oxygen atoms in total. The van der Waals surface area contributed by atoms with Crippen molar-refractivity contribution in [1.29, 1.82) is 0 Å². The number of nitrogens with one attached hydrogen (secondary N) is 1. The number of hydrogen-bond acceptors (Lipinski definition) is 5. The molecule has 0 saturated carbocycles. The second-order valence-electron chi connectivity index (χ2n) is 7.78. The molecule has 0 radical (unpaired) electrons. The topological polar surface area (TPSA) is 90.3 Å². The van der Waals surface area contributed by atoms with Crippen molar-refractivity contribution in [2.45, 2.75) is 24.3 Å². The molecule has 0 fully saturated rings. The lowest BCUT2D eigenvalue weighted by molar-refractivity contribution is 0.0601. The predicted molar refractivity (Wildman–Crippen MR) is 132 cm³/mol. The van der Waals surface area contributed by atoms with Gasteiger partial charge in [-0.2, -0.15) is 0 Å². The summed E-state index contributed by atoms with van der Waals surface area (Å²) in [7, 11) is -2.32. The molecule has 0 spiro atoms. The summed E-state index contributed by atoms with van der Waals surface area (Å²) in [5.74, 6) is -0.417. The van der Waals surface area contributed by atoms with Crippen molar-refractivity contribution in [3.8, 4) is 0 Å². The zero-order chi connectivity index (χ0) is 24.1. The van der Waals surface area contributed by atoms with Crippen molar-refractivity contribution in [1.82, 2.24) is 14.3 Å². The van der Waals surface area contributed by atoms with Crippen LogP contribution in [-0.4, -0.2) is 37.6 Å².